The summed E-state index contributed by atoms with van der Waals surface area (Å²) in [5.74, 6) is 2.21. The van der Waals surface area contributed by atoms with Crippen molar-refractivity contribution in [1.82, 2.24) is 19.5 Å². The average Bonchev–Trinajstić information content (AvgIpc) is 3.52. The van der Waals surface area contributed by atoms with Gasteiger partial charge >= 0.3 is 0 Å². The van der Waals surface area contributed by atoms with Crippen molar-refractivity contribution in [2.24, 2.45) is 0 Å². The third kappa shape index (κ3) is 3.86. The highest BCUT2D eigenvalue weighted by atomic mass is 32.1. The van der Waals surface area contributed by atoms with Gasteiger partial charge in [0.25, 0.3) is 0 Å². The molecule has 7 heteroatoms. The number of nitrogens with zero attached hydrogens (tertiary/aromatic N) is 4. The summed E-state index contributed by atoms with van der Waals surface area (Å²) in [6.45, 7) is 1.09. The van der Waals surface area contributed by atoms with E-state index in [1.165, 1.54) is 4.70 Å². The van der Waals surface area contributed by atoms with E-state index in [9.17, 15) is 0 Å². The molecule has 0 radical (unpaired) electrons. The van der Waals surface area contributed by atoms with Gasteiger partial charge in [0.1, 0.15) is 18.7 Å². The molecule has 0 unspecified atom stereocenters. The van der Waals surface area contributed by atoms with Gasteiger partial charge < -0.3 is 10.1 Å². The second kappa shape index (κ2) is 8.96. The zero-order valence-electron chi connectivity index (χ0n) is 18.3. The van der Waals surface area contributed by atoms with Crippen LogP contribution < -0.4 is 10.1 Å². The molecule has 0 aliphatic rings. The van der Waals surface area contributed by atoms with Gasteiger partial charge in [0.2, 0.25) is 0 Å². The van der Waals surface area contributed by atoms with Gasteiger partial charge in [-0.05, 0) is 30.3 Å². The highest BCUT2D eigenvalue weighted by molar-refractivity contribution is 7.17. The molecule has 0 amide bonds. The topological polar surface area (TPSA) is 64.9 Å². The molecule has 6 aromatic rings. The Balaban J connectivity index is 1.39. The van der Waals surface area contributed by atoms with Crippen molar-refractivity contribution in [3.8, 4) is 22.8 Å². The fraction of sp³-hybridized carbons (Fsp3) is 0.0741. The summed E-state index contributed by atoms with van der Waals surface area (Å²) >= 11 is 1.70. The highest BCUT2D eigenvalue weighted by Gasteiger charge is 2.17. The van der Waals surface area contributed by atoms with Crippen LogP contribution in [0.15, 0.2) is 96.6 Å². The summed E-state index contributed by atoms with van der Waals surface area (Å²) < 4.78 is 9.06. The Hall–Kier alpha value is -4.23. The molecule has 6 rings (SSSR count). The van der Waals surface area contributed by atoms with E-state index in [2.05, 4.69) is 33.9 Å². The number of imidazole rings is 1. The first-order valence-corrected chi connectivity index (χ1v) is 11.9. The molecule has 6 nitrogen and oxygen atoms in total. The first-order valence-electron chi connectivity index (χ1n) is 11.1. The molecule has 3 heterocycles. The number of nitrogens with one attached hydrogen (secondary N) is 1. The lowest BCUT2D eigenvalue weighted by molar-refractivity contribution is 0.333. The zero-order chi connectivity index (χ0) is 22.7. The maximum absolute atomic E-state index is 5.84. The van der Waals surface area contributed by atoms with Crippen molar-refractivity contribution in [1.29, 1.82) is 0 Å². The fourth-order valence-electron chi connectivity index (χ4n) is 3.93. The molecule has 0 fully saturated rings. The molecule has 0 aliphatic heterocycles. The standard InChI is InChI=1S/C27H21N5OS/c1-3-9-19(10-4-1)32-18-29-24-26(28-15-16-33-20-11-5-2-6-12-20)30-25(31-27(24)32)22-17-34-23-14-8-7-13-21(22)23/h1-14,17-18H,15-16H2,(H,28,30,31). The molecule has 1 N–H and O–H groups in total. The van der Waals surface area contributed by atoms with Crippen LogP contribution in [0.3, 0.4) is 0 Å². The molecule has 0 saturated heterocycles. The van der Waals surface area contributed by atoms with Crippen molar-refractivity contribution >= 4 is 38.4 Å². The molecule has 166 valence electrons. The highest BCUT2D eigenvalue weighted by Crippen LogP contribution is 2.34. The normalized spacial score (nSPS) is 11.2. The fourth-order valence-corrected chi connectivity index (χ4v) is 4.87. The van der Waals surface area contributed by atoms with Gasteiger partial charge in [-0.25, -0.2) is 15.0 Å². The molecular formula is C27H21N5OS. The van der Waals surface area contributed by atoms with Crippen LogP contribution in [-0.2, 0) is 0 Å². The quantitative estimate of drug-likeness (QED) is 0.286. The van der Waals surface area contributed by atoms with Crippen LogP contribution in [0, 0.1) is 0 Å². The van der Waals surface area contributed by atoms with Gasteiger partial charge in [-0.2, -0.15) is 0 Å². The van der Waals surface area contributed by atoms with Gasteiger partial charge in [-0.15, -0.1) is 11.3 Å². The smallest absolute Gasteiger partial charge is 0.170 e. The Morgan fingerprint density at radius 2 is 1.62 bits per heavy atom. The van der Waals surface area contributed by atoms with E-state index in [0.717, 1.165) is 33.6 Å². The van der Waals surface area contributed by atoms with E-state index < -0.39 is 0 Å². The number of para-hydroxylation sites is 2. The molecule has 0 saturated carbocycles. The first-order chi connectivity index (χ1) is 16.9. The van der Waals surface area contributed by atoms with Crippen LogP contribution in [-0.4, -0.2) is 32.7 Å². The van der Waals surface area contributed by atoms with Gasteiger partial charge in [-0.3, -0.25) is 4.57 Å². The van der Waals surface area contributed by atoms with E-state index in [0.29, 0.717) is 24.8 Å². The lowest BCUT2D eigenvalue weighted by Gasteiger charge is -2.11. The van der Waals surface area contributed by atoms with E-state index in [1.807, 2.05) is 71.3 Å². The van der Waals surface area contributed by atoms with Gasteiger partial charge in [-0.1, -0.05) is 54.6 Å². The monoisotopic (exact) mass is 463 g/mol. The molecule has 3 aromatic carbocycles. The van der Waals surface area contributed by atoms with Crippen LogP contribution in [0.25, 0.3) is 38.3 Å². The SMILES string of the molecule is c1ccc(OCCNc2nc(-c3csc4ccccc34)nc3c2ncn3-c2ccccc2)cc1. The van der Waals surface area contributed by atoms with Crippen LogP contribution in [0.2, 0.25) is 0 Å². The minimum Gasteiger partial charge on any atom is -0.492 e. The number of thiophene rings is 1. The summed E-state index contributed by atoms with van der Waals surface area (Å²) in [7, 11) is 0. The maximum Gasteiger partial charge on any atom is 0.170 e. The predicted molar refractivity (Wildman–Crippen MR) is 138 cm³/mol. The van der Waals surface area contributed by atoms with Gasteiger partial charge in [0.15, 0.2) is 22.8 Å². The van der Waals surface area contributed by atoms with Crippen LogP contribution in [0.4, 0.5) is 5.82 Å². The van der Waals surface area contributed by atoms with Crippen molar-refractivity contribution in [3.05, 3.63) is 96.6 Å². The maximum atomic E-state index is 5.84. The Labute approximate surface area is 200 Å². The molecule has 34 heavy (non-hydrogen) atoms. The first kappa shape index (κ1) is 20.4. The lowest BCUT2D eigenvalue weighted by Crippen LogP contribution is -2.13. The summed E-state index contributed by atoms with van der Waals surface area (Å²) in [5.41, 5.74) is 3.51. The van der Waals surface area contributed by atoms with Gasteiger partial charge in [0.05, 0.1) is 6.54 Å². The molecule has 0 atom stereocenters. The number of hydrogen-bond donors (Lipinski definition) is 1. The molecule has 0 bridgehead atoms. The number of hydrogen-bond acceptors (Lipinski definition) is 6. The Morgan fingerprint density at radius 1 is 0.853 bits per heavy atom. The molecule has 0 spiro atoms. The van der Waals surface area contributed by atoms with Crippen LogP contribution in [0.1, 0.15) is 0 Å². The second-order valence-electron chi connectivity index (χ2n) is 7.75. The molecule has 3 aromatic heterocycles. The largest absolute Gasteiger partial charge is 0.492 e. The van der Waals surface area contributed by atoms with Gasteiger partial charge in [0, 0.05) is 26.7 Å². The number of ether oxygens (including phenoxy) is 1. The summed E-state index contributed by atoms with van der Waals surface area (Å²) in [6, 6.07) is 28.2. The van der Waals surface area contributed by atoms with Crippen molar-refractivity contribution < 1.29 is 4.74 Å². The summed E-state index contributed by atoms with van der Waals surface area (Å²) in [6.07, 6.45) is 1.80. The average molecular weight is 464 g/mol. The third-order valence-corrected chi connectivity index (χ3v) is 6.52. The van der Waals surface area contributed by atoms with E-state index >= 15 is 0 Å². The Morgan fingerprint density at radius 3 is 2.47 bits per heavy atom. The number of aromatic nitrogens is 4. The third-order valence-electron chi connectivity index (χ3n) is 5.56. The number of anilines is 1. The van der Waals surface area contributed by atoms with E-state index in [1.54, 1.807) is 17.7 Å². The van der Waals surface area contributed by atoms with Crippen LogP contribution in [0.5, 0.6) is 5.75 Å². The molecular weight excluding hydrogens is 442 g/mol. The van der Waals surface area contributed by atoms with Crippen LogP contribution >= 0.6 is 11.3 Å². The Bertz CT molecular complexity index is 1560. The summed E-state index contributed by atoms with van der Waals surface area (Å²) in [5, 5.41) is 6.70. The second-order valence-corrected chi connectivity index (χ2v) is 8.66. The lowest BCUT2D eigenvalue weighted by atomic mass is 10.1. The minimum atomic E-state index is 0.506. The minimum absolute atomic E-state index is 0.506. The zero-order valence-corrected chi connectivity index (χ0v) is 19.1. The number of benzene rings is 3. The van der Waals surface area contributed by atoms with Crippen molar-refractivity contribution in [2.75, 3.05) is 18.5 Å². The Kier molecular flexibility index (Phi) is 5.37. The molecule has 0 aliphatic carbocycles. The summed E-state index contributed by atoms with van der Waals surface area (Å²) in [4.78, 5) is 14.5. The number of rotatable bonds is 7. The number of fused-ring (bicyclic) bond motifs is 2. The van der Waals surface area contributed by atoms with Crippen molar-refractivity contribution in [3.63, 3.8) is 0 Å². The van der Waals surface area contributed by atoms with E-state index in [-0.39, 0.29) is 0 Å². The van der Waals surface area contributed by atoms with Crippen molar-refractivity contribution in [2.45, 2.75) is 0 Å². The predicted octanol–water partition coefficient (Wildman–Crippen LogP) is 6.19. The van der Waals surface area contributed by atoms with E-state index in [4.69, 9.17) is 14.7 Å².